The highest BCUT2D eigenvalue weighted by Crippen LogP contribution is 2.28. The number of benzene rings is 1. The number of hydrogen-bond donors (Lipinski definition) is 1. The SMILES string of the molecule is O=C1[C@H]2NCC[C@H]2C(=O)N1Cc1ccccc1. The molecule has 88 valence electrons. The Morgan fingerprint density at radius 3 is 2.65 bits per heavy atom. The van der Waals surface area contributed by atoms with Gasteiger partial charge in [-0.25, -0.2) is 0 Å². The molecule has 0 aromatic heterocycles. The Bertz CT molecular complexity index is 436. The summed E-state index contributed by atoms with van der Waals surface area (Å²) >= 11 is 0. The van der Waals surface area contributed by atoms with Crippen molar-refractivity contribution in [2.75, 3.05) is 6.54 Å². The minimum absolute atomic E-state index is 0.0196. The summed E-state index contributed by atoms with van der Waals surface area (Å²) in [6, 6.07) is 9.35. The Kier molecular flexibility index (Phi) is 2.44. The normalized spacial score (nSPS) is 27.6. The number of rotatable bonds is 2. The van der Waals surface area contributed by atoms with Gasteiger partial charge in [0.2, 0.25) is 11.8 Å². The lowest BCUT2D eigenvalue weighted by Crippen LogP contribution is -2.37. The molecule has 0 aliphatic carbocycles. The number of hydrogen-bond acceptors (Lipinski definition) is 3. The number of imide groups is 1. The highest BCUT2D eigenvalue weighted by atomic mass is 16.2. The van der Waals surface area contributed by atoms with Crippen LogP contribution in [0.5, 0.6) is 0 Å². The second-order valence-electron chi connectivity index (χ2n) is 4.58. The maximum Gasteiger partial charge on any atom is 0.247 e. The summed E-state index contributed by atoms with van der Waals surface area (Å²) in [4.78, 5) is 25.5. The minimum Gasteiger partial charge on any atom is -0.305 e. The third-order valence-electron chi connectivity index (χ3n) is 3.52. The second kappa shape index (κ2) is 3.96. The van der Waals surface area contributed by atoms with Crippen LogP contribution in [-0.2, 0) is 16.1 Å². The first-order valence-electron chi connectivity index (χ1n) is 5.90. The van der Waals surface area contributed by atoms with Gasteiger partial charge in [0.25, 0.3) is 0 Å². The van der Waals surface area contributed by atoms with Gasteiger partial charge in [0, 0.05) is 0 Å². The van der Waals surface area contributed by atoms with Crippen LogP contribution in [0.1, 0.15) is 12.0 Å². The number of carbonyl (C=O) groups excluding carboxylic acids is 2. The lowest BCUT2D eigenvalue weighted by molar-refractivity contribution is -0.140. The monoisotopic (exact) mass is 230 g/mol. The fraction of sp³-hybridized carbons (Fsp3) is 0.385. The van der Waals surface area contributed by atoms with Gasteiger partial charge in [0.15, 0.2) is 0 Å². The Hall–Kier alpha value is -1.68. The summed E-state index contributed by atoms with van der Waals surface area (Å²) in [5, 5.41) is 3.10. The van der Waals surface area contributed by atoms with E-state index in [1.807, 2.05) is 30.3 Å². The molecule has 2 aliphatic heterocycles. The van der Waals surface area contributed by atoms with Gasteiger partial charge in [-0.15, -0.1) is 0 Å². The highest BCUT2D eigenvalue weighted by molar-refractivity contribution is 6.07. The zero-order valence-corrected chi connectivity index (χ0v) is 9.43. The molecule has 0 saturated carbocycles. The van der Waals surface area contributed by atoms with Crippen LogP contribution < -0.4 is 5.32 Å². The van der Waals surface area contributed by atoms with E-state index in [-0.39, 0.29) is 23.8 Å². The molecule has 0 spiro atoms. The summed E-state index contributed by atoms with van der Waals surface area (Å²) in [5.41, 5.74) is 0.995. The summed E-state index contributed by atoms with van der Waals surface area (Å²) in [7, 11) is 0. The van der Waals surface area contributed by atoms with Crippen molar-refractivity contribution in [1.29, 1.82) is 0 Å². The molecule has 4 nitrogen and oxygen atoms in total. The number of nitrogens with one attached hydrogen (secondary N) is 1. The second-order valence-corrected chi connectivity index (χ2v) is 4.58. The quantitative estimate of drug-likeness (QED) is 0.754. The van der Waals surface area contributed by atoms with E-state index in [9.17, 15) is 9.59 Å². The third-order valence-corrected chi connectivity index (χ3v) is 3.52. The molecule has 2 heterocycles. The van der Waals surface area contributed by atoms with Gasteiger partial charge >= 0.3 is 0 Å². The number of amides is 2. The molecular weight excluding hydrogens is 216 g/mol. The van der Waals surface area contributed by atoms with E-state index in [2.05, 4.69) is 5.32 Å². The summed E-state index contributed by atoms with van der Waals surface area (Å²) in [5.74, 6) is -0.221. The Labute approximate surface area is 99.6 Å². The molecule has 1 N–H and O–H groups in total. The van der Waals surface area contributed by atoms with E-state index in [0.29, 0.717) is 6.54 Å². The first-order valence-corrected chi connectivity index (χ1v) is 5.90. The average Bonchev–Trinajstić information content (AvgIpc) is 2.91. The number of likely N-dealkylation sites (tertiary alicyclic amines) is 1. The molecule has 0 bridgehead atoms. The molecule has 0 radical (unpaired) electrons. The Morgan fingerprint density at radius 1 is 1.18 bits per heavy atom. The van der Waals surface area contributed by atoms with Crippen molar-refractivity contribution in [1.82, 2.24) is 10.2 Å². The van der Waals surface area contributed by atoms with Gasteiger partial charge in [-0.05, 0) is 18.5 Å². The van der Waals surface area contributed by atoms with Crippen LogP contribution in [0.15, 0.2) is 30.3 Å². The van der Waals surface area contributed by atoms with E-state index in [1.165, 1.54) is 4.90 Å². The van der Waals surface area contributed by atoms with Gasteiger partial charge in [-0.2, -0.15) is 0 Å². The molecule has 2 atom stereocenters. The van der Waals surface area contributed by atoms with E-state index >= 15 is 0 Å². The van der Waals surface area contributed by atoms with Crippen LogP contribution in [0, 0.1) is 5.92 Å². The van der Waals surface area contributed by atoms with Crippen LogP contribution >= 0.6 is 0 Å². The van der Waals surface area contributed by atoms with Gasteiger partial charge < -0.3 is 5.32 Å². The van der Waals surface area contributed by atoms with Crippen molar-refractivity contribution in [3.8, 4) is 0 Å². The summed E-state index contributed by atoms with van der Waals surface area (Å²) in [6.07, 6.45) is 0.778. The summed E-state index contributed by atoms with van der Waals surface area (Å²) < 4.78 is 0. The first kappa shape index (κ1) is 10.5. The largest absolute Gasteiger partial charge is 0.305 e. The lowest BCUT2D eigenvalue weighted by atomic mass is 10.0. The molecule has 2 aliphatic rings. The van der Waals surface area contributed by atoms with Gasteiger partial charge in [0.05, 0.1) is 18.5 Å². The maximum atomic E-state index is 12.1. The molecular formula is C13H14N2O2. The predicted molar refractivity (Wildman–Crippen MR) is 61.9 cm³/mol. The van der Waals surface area contributed by atoms with Crippen molar-refractivity contribution in [3.05, 3.63) is 35.9 Å². The molecule has 2 saturated heterocycles. The molecule has 1 aromatic carbocycles. The van der Waals surface area contributed by atoms with Crippen LogP contribution in [0.25, 0.3) is 0 Å². The number of fused-ring (bicyclic) bond motifs is 1. The van der Waals surface area contributed by atoms with Crippen LogP contribution in [0.3, 0.4) is 0 Å². The zero-order valence-electron chi connectivity index (χ0n) is 9.43. The zero-order chi connectivity index (χ0) is 11.8. The molecule has 2 fully saturated rings. The molecule has 2 amide bonds. The Balaban J connectivity index is 1.81. The van der Waals surface area contributed by atoms with Crippen LogP contribution in [0.2, 0.25) is 0 Å². The fourth-order valence-electron chi connectivity index (χ4n) is 2.63. The van der Waals surface area contributed by atoms with Crippen molar-refractivity contribution in [2.24, 2.45) is 5.92 Å². The fourth-order valence-corrected chi connectivity index (χ4v) is 2.63. The third kappa shape index (κ3) is 1.65. The van der Waals surface area contributed by atoms with Crippen LogP contribution in [-0.4, -0.2) is 29.3 Å². The molecule has 4 heteroatoms. The molecule has 0 unspecified atom stereocenters. The van der Waals surface area contributed by atoms with Crippen molar-refractivity contribution >= 4 is 11.8 Å². The molecule has 17 heavy (non-hydrogen) atoms. The van der Waals surface area contributed by atoms with Gasteiger partial charge in [0.1, 0.15) is 0 Å². The summed E-state index contributed by atoms with van der Waals surface area (Å²) in [6.45, 7) is 1.17. The van der Waals surface area contributed by atoms with E-state index in [4.69, 9.17) is 0 Å². The lowest BCUT2D eigenvalue weighted by Gasteiger charge is -2.15. The standard InChI is InChI=1S/C13H14N2O2/c16-12-10-6-7-14-11(10)13(17)15(12)8-9-4-2-1-3-5-9/h1-5,10-11,14H,6-8H2/t10-,11+/m1/s1. The van der Waals surface area contributed by atoms with Gasteiger partial charge in [-0.1, -0.05) is 30.3 Å². The topological polar surface area (TPSA) is 49.4 Å². The molecule has 1 aromatic rings. The van der Waals surface area contributed by atoms with Gasteiger partial charge in [-0.3, -0.25) is 14.5 Å². The average molecular weight is 230 g/mol. The minimum atomic E-state index is -0.272. The first-order chi connectivity index (χ1) is 8.27. The van der Waals surface area contributed by atoms with E-state index in [1.54, 1.807) is 0 Å². The molecule has 3 rings (SSSR count). The van der Waals surface area contributed by atoms with E-state index in [0.717, 1.165) is 18.5 Å². The van der Waals surface area contributed by atoms with E-state index < -0.39 is 0 Å². The van der Waals surface area contributed by atoms with Crippen LogP contribution in [0.4, 0.5) is 0 Å². The maximum absolute atomic E-state index is 12.1. The predicted octanol–water partition coefficient (Wildman–Crippen LogP) is 0.533. The van der Waals surface area contributed by atoms with Crippen molar-refractivity contribution in [2.45, 2.75) is 19.0 Å². The van der Waals surface area contributed by atoms with Crippen molar-refractivity contribution < 1.29 is 9.59 Å². The Morgan fingerprint density at radius 2 is 1.94 bits per heavy atom. The smallest absolute Gasteiger partial charge is 0.247 e. The highest BCUT2D eigenvalue weighted by Gasteiger charge is 2.49. The number of carbonyl (C=O) groups is 2. The van der Waals surface area contributed by atoms with Crippen molar-refractivity contribution in [3.63, 3.8) is 0 Å². The number of nitrogens with zero attached hydrogens (tertiary/aromatic N) is 1.